The summed E-state index contributed by atoms with van der Waals surface area (Å²) in [5, 5.41) is 3.63. The molecule has 9 heteroatoms. The summed E-state index contributed by atoms with van der Waals surface area (Å²) in [4.78, 5) is 34.7. The predicted molar refractivity (Wildman–Crippen MR) is 130 cm³/mol. The van der Waals surface area contributed by atoms with Crippen LogP contribution in [0.5, 0.6) is 0 Å². The molecule has 0 spiro atoms. The Hall–Kier alpha value is -2.62. The Kier molecular flexibility index (Phi) is 6.76. The lowest BCUT2D eigenvalue weighted by Crippen LogP contribution is -2.43. The Morgan fingerprint density at radius 3 is 2.71 bits per heavy atom. The summed E-state index contributed by atoms with van der Waals surface area (Å²) in [5.41, 5.74) is 1.60. The number of hydrogen-bond donors (Lipinski definition) is 1. The number of rotatable bonds is 5. The van der Waals surface area contributed by atoms with E-state index in [1.54, 1.807) is 16.7 Å². The fraction of sp³-hybridized carbons (Fsp3) is 0.480. The van der Waals surface area contributed by atoms with E-state index in [-0.39, 0.29) is 23.3 Å². The lowest BCUT2D eigenvalue weighted by atomic mass is 10.0. The number of nitrogens with zero attached hydrogens (tertiary/aromatic N) is 3. The Bertz CT molecular complexity index is 1250. The van der Waals surface area contributed by atoms with Gasteiger partial charge in [0.15, 0.2) is 0 Å². The number of hydrogen-bond acceptors (Lipinski definition) is 6. The second-order valence-electron chi connectivity index (χ2n) is 8.96. The van der Waals surface area contributed by atoms with E-state index < -0.39 is 0 Å². The number of morpholine rings is 1. The van der Waals surface area contributed by atoms with E-state index in [1.165, 1.54) is 23.5 Å². The van der Waals surface area contributed by atoms with Gasteiger partial charge < -0.3 is 10.1 Å². The number of aryl methyl sites for hydroxylation is 2. The summed E-state index contributed by atoms with van der Waals surface area (Å²) in [7, 11) is 0. The number of halogens is 1. The van der Waals surface area contributed by atoms with E-state index in [0.29, 0.717) is 47.0 Å². The van der Waals surface area contributed by atoms with E-state index in [9.17, 15) is 14.0 Å². The molecule has 0 bridgehead atoms. The van der Waals surface area contributed by atoms with E-state index >= 15 is 0 Å². The Balaban J connectivity index is 1.40. The topological polar surface area (TPSA) is 76.5 Å². The number of fused-ring (bicyclic) bond motifs is 2. The van der Waals surface area contributed by atoms with Crippen LogP contribution in [0.1, 0.15) is 51.9 Å². The third kappa shape index (κ3) is 4.52. The van der Waals surface area contributed by atoms with Gasteiger partial charge in [0.05, 0.1) is 29.5 Å². The molecular formula is C25H29FN4O3S. The molecule has 2 aromatic heterocycles. The van der Waals surface area contributed by atoms with Gasteiger partial charge in [-0.2, -0.15) is 0 Å². The van der Waals surface area contributed by atoms with E-state index in [0.717, 1.165) is 50.2 Å². The lowest BCUT2D eigenvalue weighted by molar-refractivity contribution is 0.0162. The third-order valence-electron chi connectivity index (χ3n) is 6.81. The van der Waals surface area contributed by atoms with Crippen molar-refractivity contribution in [2.24, 2.45) is 0 Å². The minimum Gasteiger partial charge on any atom is -0.379 e. The Morgan fingerprint density at radius 2 is 1.94 bits per heavy atom. The first-order valence-corrected chi connectivity index (χ1v) is 12.7. The van der Waals surface area contributed by atoms with Gasteiger partial charge in [-0.1, -0.05) is 18.6 Å². The quantitative estimate of drug-likeness (QED) is 0.601. The molecule has 1 atom stereocenters. The standard InChI is InChI=1S/C25H29FN4O3S/c1-16-21-24(28-20-5-3-2-4-10-30(20)25(21)32)34-22(16)23(31)27-15-19(29-11-13-33-14-12-29)17-6-8-18(26)9-7-17/h6-9,19H,2-5,10-15H2,1H3,(H,27,31). The fourth-order valence-electron chi connectivity index (χ4n) is 4.93. The molecule has 5 rings (SSSR count). The number of ether oxygens (including phenoxy) is 1. The van der Waals surface area contributed by atoms with Crippen molar-refractivity contribution < 1.29 is 13.9 Å². The summed E-state index contributed by atoms with van der Waals surface area (Å²) in [5.74, 6) is 0.332. The van der Waals surface area contributed by atoms with Crippen molar-refractivity contribution in [1.29, 1.82) is 0 Å². The van der Waals surface area contributed by atoms with Crippen molar-refractivity contribution in [2.75, 3.05) is 32.8 Å². The monoisotopic (exact) mass is 484 g/mol. The van der Waals surface area contributed by atoms with Crippen molar-refractivity contribution in [3.05, 3.63) is 62.3 Å². The van der Waals surface area contributed by atoms with Crippen molar-refractivity contribution >= 4 is 27.5 Å². The third-order valence-corrected chi connectivity index (χ3v) is 8.00. The fourth-order valence-corrected chi connectivity index (χ4v) is 6.03. The van der Waals surface area contributed by atoms with E-state index in [4.69, 9.17) is 9.72 Å². The zero-order chi connectivity index (χ0) is 23.7. The van der Waals surface area contributed by atoms with Gasteiger partial charge in [0.25, 0.3) is 11.5 Å². The van der Waals surface area contributed by atoms with Crippen LogP contribution in [0.15, 0.2) is 29.1 Å². The van der Waals surface area contributed by atoms with Crippen LogP contribution in [-0.4, -0.2) is 53.2 Å². The highest BCUT2D eigenvalue weighted by atomic mass is 32.1. The maximum atomic E-state index is 13.5. The Morgan fingerprint density at radius 1 is 1.18 bits per heavy atom. The van der Waals surface area contributed by atoms with Crippen molar-refractivity contribution in [3.63, 3.8) is 0 Å². The van der Waals surface area contributed by atoms with Crippen LogP contribution in [-0.2, 0) is 17.7 Å². The molecule has 0 radical (unpaired) electrons. The molecule has 34 heavy (non-hydrogen) atoms. The van der Waals surface area contributed by atoms with Crippen LogP contribution < -0.4 is 10.9 Å². The number of aromatic nitrogens is 2. The first-order chi connectivity index (χ1) is 16.5. The number of carbonyl (C=O) groups excluding carboxylic acids is 1. The van der Waals surface area contributed by atoms with Crippen LogP contribution >= 0.6 is 11.3 Å². The van der Waals surface area contributed by atoms with Gasteiger partial charge in [-0.05, 0) is 43.0 Å². The normalized spacial score (nSPS) is 17.8. The zero-order valence-electron chi connectivity index (χ0n) is 19.3. The second kappa shape index (κ2) is 9.93. The summed E-state index contributed by atoms with van der Waals surface area (Å²) in [6, 6.07) is 6.34. The van der Waals surface area contributed by atoms with Crippen LogP contribution in [0.3, 0.4) is 0 Å². The van der Waals surface area contributed by atoms with Crippen LogP contribution in [0.25, 0.3) is 10.2 Å². The van der Waals surface area contributed by atoms with Crippen LogP contribution in [0.2, 0.25) is 0 Å². The molecular weight excluding hydrogens is 455 g/mol. The largest absolute Gasteiger partial charge is 0.379 e. The highest BCUT2D eigenvalue weighted by molar-refractivity contribution is 7.20. The number of amides is 1. The molecule has 1 aromatic carbocycles. The molecule has 1 saturated heterocycles. The summed E-state index contributed by atoms with van der Waals surface area (Å²) in [6.45, 7) is 5.63. The summed E-state index contributed by atoms with van der Waals surface area (Å²) < 4.78 is 20.8. The number of nitrogens with one attached hydrogen (secondary N) is 1. The molecule has 4 heterocycles. The van der Waals surface area contributed by atoms with Gasteiger partial charge in [-0.25, -0.2) is 9.37 Å². The van der Waals surface area contributed by atoms with Crippen molar-refractivity contribution in [1.82, 2.24) is 19.8 Å². The molecule has 7 nitrogen and oxygen atoms in total. The first-order valence-electron chi connectivity index (χ1n) is 11.9. The average molecular weight is 485 g/mol. The zero-order valence-corrected chi connectivity index (χ0v) is 20.1. The van der Waals surface area contributed by atoms with Gasteiger partial charge in [0, 0.05) is 32.6 Å². The van der Waals surface area contributed by atoms with Gasteiger partial charge in [0.1, 0.15) is 16.5 Å². The number of carbonyl (C=O) groups is 1. The minimum absolute atomic E-state index is 0.0350. The summed E-state index contributed by atoms with van der Waals surface area (Å²) >= 11 is 1.29. The maximum Gasteiger partial charge on any atom is 0.262 e. The molecule has 3 aromatic rings. The van der Waals surface area contributed by atoms with Crippen LogP contribution in [0, 0.1) is 12.7 Å². The van der Waals surface area contributed by atoms with Gasteiger partial charge in [-0.3, -0.25) is 19.1 Å². The second-order valence-corrected chi connectivity index (χ2v) is 9.96. The average Bonchev–Trinajstić information content (AvgIpc) is 3.01. The SMILES string of the molecule is Cc1c(C(=O)NCC(c2ccc(F)cc2)N2CCOCC2)sc2nc3n(c(=O)c12)CCCCC3. The Labute approximate surface area is 201 Å². The van der Waals surface area contributed by atoms with E-state index in [1.807, 2.05) is 6.92 Å². The molecule has 2 aliphatic heterocycles. The van der Waals surface area contributed by atoms with Crippen molar-refractivity contribution in [3.8, 4) is 0 Å². The molecule has 1 amide bonds. The number of thiophene rings is 1. The lowest BCUT2D eigenvalue weighted by Gasteiger charge is -2.35. The van der Waals surface area contributed by atoms with E-state index in [2.05, 4.69) is 10.2 Å². The first kappa shape index (κ1) is 23.1. The van der Waals surface area contributed by atoms with Crippen molar-refractivity contribution in [2.45, 2.75) is 45.2 Å². The highest BCUT2D eigenvalue weighted by Gasteiger charge is 2.26. The molecule has 1 unspecified atom stereocenters. The summed E-state index contributed by atoms with van der Waals surface area (Å²) in [6.07, 6.45) is 3.90. The molecule has 0 aliphatic carbocycles. The molecule has 0 saturated carbocycles. The highest BCUT2D eigenvalue weighted by Crippen LogP contribution is 2.29. The minimum atomic E-state index is -0.286. The molecule has 2 aliphatic rings. The maximum absolute atomic E-state index is 13.5. The predicted octanol–water partition coefficient (Wildman–Crippen LogP) is 3.44. The molecule has 1 fully saturated rings. The number of benzene rings is 1. The smallest absolute Gasteiger partial charge is 0.262 e. The molecule has 180 valence electrons. The van der Waals surface area contributed by atoms with Gasteiger partial charge in [0.2, 0.25) is 0 Å². The molecule has 1 N–H and O–H groups in total. The van der Waals surface area contributed by atoms with Gasteiger partial charge in [-0.15, -0.1) is 11.3 Å². The van der Waals surface area contributed by atoms with Crippen LogP contribution in [0.4, 0.5) is 4.39 Å². The van der Waals surface area contributed by atoms with Gasteiger partial charge >= 0.3 is 0 Å².